The maximum absolute atomic E-state index is 12.4. The van der Waals surface area contributed by atoms with Gasteiger partial charge in [-0.15, -0.1) is 0 Å². The van der Waals surface area contributed by atoms with Crippen LogP contribution in [0.25, 0.3) is 0 Å². The highest BCUT2D eigenvalue weighted by Crippen LogP contribution is 2.18. The monoisotopic (exact) mass is 198 g/mol. The van der Waals surface area contributed by atoms with Crippen LogP contribution >= 0.6 is 0 Å². The van der Waals surface area contributed by atoms with Gasteiger partial charge < -0.3 is 9.84 Å². The molecular formula is C10H11FO3. The Labute approximate surface area is 81.1 Å². The summed E-state index contributed by atoms with van der Waals surface area (Å²) < 4.78 is 17.5. The molecule has 3 nitrogen and oxygen atoms in total. The number of aliphatic carboxylic acids is 1. The minimum atomic E-state index is -0.928. The van der Waals surface area contributed by atoms with Crippen LogP contribution in [0.4, 0.5) is 4.39 Å². The molecule has 0 saturated carbocycles. The molecule has 4 heteroatoms. The van der Waals surface area contributed by atoms with E-state index in [9.17, 15) is 9.18 Å². The first-order valence-electron chi connectivity index (χ1n) is 4.22. The molecule has 0 aliphatic carbocycles. The molecule has 1 aromatic rings. The van der Waals surface area contributed by atoms with Gasteiger partial charge in [0.1, 0.15) is 12.4 Å². The summed E-state index contributed by atoms with van der Waals surface area (Å²) in [5, 5.41) is 8.36. The van der Waals surface area contributed by atoms with Crippen molar-refractivity contribution in [1.29, 1.82) is 0 Å². The molecule has 1 rings (SSSR count). The van der Waals surface area contributed by atoms with Gasteiger partial charge in [-0.1, -0.05) is 18.2 Å². The Kier molecular flexibility index (Phi) is 3.91. The quantitative estimate of drug-likeness (QED) is 0.787. The fraction of sp³-hybridized carbons (Fsp3) is 0.300. The van der Waals surface area contributed by atoms with Crippen molar-refractivity contribution in [2.45, 2.75) is 13.1 Å². The van der Waals surface area contributed by atoms with E-state index in [0.717, 1.165) is 0 Å². The molecule has 0 aliphatic heterocycles. The molecule has 14 heavy (non-hydrogen) atoms. The third-order valence-electron chi connectivity index (χ3n) is 1.69. The van der Waals surface area contributed by atoms with Crippen molar-refractivity contribution in [2.24, 2.45) is 0 Å². The lowest BCUT2D eigenvalue weighted by molar-refractivity contribution is -0.137. The zero-order chi connectivity index (χ0) is 10.4. The Morgan fingerprint density at radius 3 is 2.79 bits per heavy atom. The van der Waals surface area contributed by atoms with Gasteiger partial charge in [0.15, 0.2) is 0 Å². The standard InChI is InChI=1S/C10H11FO3/c11-7-8-3-1-2-4-9(8)14-6-5-10(12)13/h1-4H,5-7H2,(H,12,13). The van der Waals surface area contributed by atoms with E-state index < -0.39 is 12.6 Å². The number of hydrogen-bond acceptors (Lipinski definition) is 2. The number of ether oxygens (including phenoxy) is 1. The van der Waals surface area contributed by atoms with Gasteiger partial charge in [0.2, 0.25) is 0 Å². The van der Waals surface area contributed by atoms with Crippen LogP contribution in [-0.4, -0.2) is 17.7 Å². The van der Waals surface area contributed by atoms with Crippen LogP contribution in [0.5, 0.6) is 5.75 Å². The van der Waals surface area contributed by atoms with Crippen LogP contribution in [0.3, 0.4) is 0 Å². The first-order chi connectivity index (χ1) is 6.74. The lowest BCUT2D eigenvalue weighted by atomic mass is 10.2. The average Bonchev–Trinajstić information content (AvgIpc) is 2.18. The van der Waals surface area contributed by atoms with E-state index in [1.165, 1.54) is 0 Å². The van der Waals surface area contributed by atoms with Crippen molar-refractivity contribution < 1.29 is 19.0 Å². The number of para-hydroxylation sites is 1. The van der Waals surface area contributed by atoms with Crippen molar-refractivity contribution in [1.82, 2.24) is 0 Å². The molecule has 1 aromatic carbocycles. The highest BCUT2D eigenvalue weighted by Gasteiger charge is 2.03. The van der Waals surface area contributed by atoms with Crippen molar-refractivity contribution in [2.75, 3.05) is 6.61 Å². The molecule has 1 N–H and O–H groups in total. The van der Waals surface area contributed by atoms with E-state index in [1.54, 1.807) is 24.3 Å². The van der Waals surface area contributed by atoms with Gasteiger partial charge in [0.05, 0.1) is 13.0 Å². The number of hydrogen-bond donors (Lipinski definition) is 1. The zero-order valence-corrected chi connectivity index (χ0v) is 7.57. The highest BCUT2D eigenvalue weighted by atomic mass is 19.1. The number of carboxylic acid groups (broad SMARTS) is 1. The third kappa shape index (κ3) is 3.05. The predicted octanol–water partition coefficient (Wildman–Crippen LogP) is 2.01. The lowest BCUT2D eigenvalue weighted by Gasteiger charge is -2.07. The minimum Gasteiger partial charge on any atom is -0.493 e. The second kappa shape index (κ2) is 5.21. The molecule has 0 heterocycles. The maximum Gasteiger partial charge on any atom is 0.306 e. The number of alkyl halides is 1. The van der Waals surface area contributed by atoms with Crippen LogP contribution in [0.15, 0.2) is 24.3 Å². The summed E-state index contributed by atoms with van der Waals surface area (Å²) in [4.78, 5) is 10.2. The summed E-state index contributed by atoms with van der Waals surface area (Å²) in [7, 11) is 0. The molecule has 0 bridgehead atoms. The average molecular weight is 198 g/mol. The van der Waals surface area contributed by atoms with Crippen LogP contribution in [0.2, 0.25) is 0 Å². The number of halogens is 1. The Hall–Kier alpha value is -1.58. The molecule has 76 valence electrons. The summed E-state index contributed by atoms with van der Waals surface area (Å²) in [5.74, 6) is -0.515. The first-order valence-corrected chi connectivity index (χ1v) is 4.22. The van der Waals surface area contributed by atoms with E-state index >= 15 is 0 Å². The second-order valence-electron chi connectivity index (χ2n) is 2.73. The van der Waals surface area contributed by atoms with E-state index in [2.05, 4.69) is 0 Å². The topological polar surface area (TPSA) is 46.5 Å². The number of benzene rings is 1. The zero-order valence-electron chi connectivity index (χ0n) is 7.57. The fourth-order valence-electron chi connectivity index (χ4n) is 1.00. The molecule has 0 fully saturated rings. The Morgan fingerprint density at radius 1 is 1.43 bits per heavy atom. The van der Waals surface area contributed by atoms with Crippen molar-refractivity contribution in [3.05, 3.63) is 29.8 Å². The van der Waals surface area contributed by atoms with Crippen LogP contribution in [-0.2, 0) is 11.5 Å². The Balaban J connectivity index is 2.53. The molecule has 0 aliphatic rings. The molecule has 0 unspecified atom stereocenters. The predicted molar refractivity (Wildman–Crippen MR) is 49.0 cm³/mol. The molecule has 0 aromatic heterocycles. The van der Waals surface area contributed by atoms with Gasteiger partial charge in [-0.2, -0.15) is 0 Å². The van der Waals surface area contributed by atoms with Gasteiger partial charge in [-0.25, -0.2) is 4.39 Å². The summed E-state index contributed by atoms with van der Waals surface area (Å²) in [6.07, 6.45) is -0.0827. The number of carbonyl (C=O) groups is 1. The lowest BCUT2D eigenvalue weighted by Crippen LogP contribution is -2.05. The SMILES string of the molecule is O=C(O)CCOc1ccccc1CF. The van der Waals surface area contributed by atoms with E-state index in [-0.39, 0.29) is 13.0 Å². The third-order valence-corrected chi connectivity index (χ3v) is 1.69. The van der Waals surface area contributed by atoms with E-state index in [4.69, 9.17) is 9.84 Å². The smallest absolute Gasteiger partial charge is 0.306 e. The van der Waals surface area contributed by atoms with Crippen molar-refractivity contribution in [3.8, 4) is 5.75 Å². The fourth-order valence-corrected chi connectivity index (χ4v) is 1.00. The van der Waals surface area contributed by atoms with E-state index in [0.29, 0.717) is 11.3 Å². The molecule has 0 saturated heterocycles. The summed E-state index contributed by atoms with van der Waals surface area (Å²) >= 11 is 0. The molecule has 0 atom stereocenters. The molecule has 0 amide bonds. The summed E-state index contributed by atoms with van der Waals surface area (Å²) in [6.45, 7) is -0.546. The van der Waals surface area contributed by atoms with Crippen LogP contribution in [0.1, 0.15) is 12.0 Å². The molecular weight excluding hydrogens is 187 g/mol. The van der Waals surface area contributed by atoms with Crippen molar-refractivity contribution in [3.63, 3.8) is 0 Å². The van der Waals surface area contributed by atoms with E-state index in [1.807, 2.05) is 0 Å². The summed E-state index contributed by atoms with van der Waals surface area (Å²) in [6, 6.07) is 6.65. The maximum atomic E-state index is 12.4. The largest absolute Gasteiger partial charge is 0.493 e. The van der Waals surface area contributed by atoms with Gasteiger partial charge in [-0.05, 0) is 6.07 Å². The number of rotatable bonds is 5. The van der Waals surface area contributed by atoms with Crippen LogP contribution < -0.4 is 4.74 Å². The minimum absolute atomic E-state index is 0.0619. The highest BCUT2D eigenvalue weighted by molar-refractivity contribution is 5.66. The van der Waals surface area contributed by atoms with Crippen LogP contribution in [0, 0.1) is 0 Å². The van der Waals surface area contributed by atoms with Gasteiger partial charge >= 0.3 is 5.97 Å². The second-order valence-corrected chi connectivity index (χ2v) is 2.73. The molecule has 0 spiro atoms. The van der Waals surface area contributed by atoms with Gasteiger partial charge in [0.25, 0.3) is 0 Å². The molecule has 0 radical (unpaired) electrons. The normalized spacial score (nSPS) is 9.79. The number of carboxylic acids is 1. The van der Waals surface area contributed by atoms with Gasteiger partial charge in [0, 0.05) is 5.56 Å². The summed E-state index contributed by atoms with van der Waals surface area (Å²) in [5.41, 5.74) is 0.442. The Morgan fingerprint density at radius 2 is 2.14 bits per heavy atom. The Bertz CT molecular complexity index is 312. The van der Waals surface area contributed by atoms with Gasteiger partial charge in [-0.3, -0.25) is 4.79 Å². The first kappa shape index (κ1) is 10.5. The van der Waals surface area contributed by atoms with Crippen molar-refractivity contribution >= 4 is 5.97 Å².